The highest BCUT2D eigenvalue weighted by atomic mass is 35.5. The fourth-order valence-corrected chi connectivity index (χ4v) is 2.02. The standard InChI is InChI=1S/C14H12ClFN4O2/c1-14(22,5-12-11(16)7-18-20-12)13(21)19-9-3-2-8(6-17)10(15)4-9/h2-4,7,22H,5H2,1H3,(H,18,20)(H,19,21)/t14-/m0/s1. The normalized spacial score (nSPS) is 13.2. The summed E-state index contributed by atoms with van der Waals surface area (Å²) < 4.78 is 13.3. The van der Waals surface area contributed by atoms with Crippen LogP contribution < -0.4 is 5.32 Å². The van der Waals surface area contributed by atoms with E-state index in [1.807, 2.05) is 6.07 Å². The highest BCUT2D eigenvalue weighted by molar-refractivity contribution is 6.32. The molecular formula is C14H12ClFN4O2. The number of aromatic amines is 1. The first-order valence-corrected chi connectivity index (χ1v) is 6.62. The summed E-state index contributed by atoms with van der Waals surface area (Å²) in [5.41, 5.74) is -1.24. The van der Waals surface area contributed by atoms with Crippen molar-refractivity contribution in [3.8, 4) is 6.07 Å². The summed E-state index contributed by atoms with van der Waals surface area (Å²) >= 11 is 5.86. The van der Waals surface area contributed by atoms with Gasteiger partial charge in [0.2, 0.25) is 0 Å². The SMILES string of the molecule is C[C@](O)(Cc1[nH]ncc1F)C(=O)Nc1ccc(C#N)c(Cl)c1. The van der Waals surface area contributed by atoms with Gasteiger partial charge in [0.25, 0.3) is 5.91 Å². The number of nitrogens with one attached hydrogen (secondary N) is 2. The maximum Gasteiger partial charge on any atom is 0.256 e. The summed E-state index contributed by atoms with van der Waals surface area (Å²) in [4.78, 5) is 12.1. The number of hydrogen-bond donors (Lipinski definition) is 3. The third kappa shape index (κ3) is 3.42. The molecule has 0 aliphatic rings. The first-order chi connectivity index (χ1) is 10.3. The quantitative estimate of drug-likeness (QED) is 0.801. The molecule has 0 bridgehead atoms. The van der Waals surface area contributed by atoms with Crippen LogP contribution in [0.15, 0.2) is 24.4 Å². The first kappa shape index (κ1) is 15.9. The number of amides is 1. The molecule has 22 heavy (non-hydrogen) atoms. The minimum atomic E-state index is -1.85. The minimum Gasteiger partial charge on any atom is -0.380 e. The van der Waals surface area contributed by atoms with Gasteiger partial charge in [-0.15, -0.1) is 0 Å². The summed E-state index contributed by atoms with van der Waals surface area (Å²) in [5, 5.41) is 27.5. The molecule has 1 aromatic carbocycles. The number of nitriles is 1. The average molecular weight is 323 g/mol. The van der Waals surface area contributed by atoms with Crippen LogP contribution in [0.25, 0.3) is 0 Å². The Balaban J connectivity index is 2.12. The summed E-state index contributed by atoms with van der Waals surface area (Å²) in [6.45, 7) is 1.26. The second-order valence-corrected chi connectivity index (χ2v) is 5.31. The van der Waals surface area contributed by atoms with Crippen LogP contribution in [0.2, 0.25) is 5.02 Å². The second kappa shape index (κ2) is 6.13. The van der Waals surface area contributed by atoms with Gasteiger partial charge in [0.05, 0.1) is 22.5 Å². The lowest BCUT2D eigenvalue weighted by Gasteiger charge is -2.21. The zero-order valence-corrected chi connectivity index (χ0v) is 12.3. The van der Waals surface area contributed by atoms with E-state index in [-0.39, 0.29) is 22.7 Å². The molecule has 0 saturated carbocycles. The fourth-order valence-electron chi connectivity index (χ4n) is 1.80. The van der Waals surface area contributed by atoms with Crippen molar-refractivity contribution in [1.82, 2.24) is 10.2 Å². The van der Waals surface area contributed by atoms with Crippen LogP contribution in [0.4, 0.5) is 10.1 Å². The molecular weight excluding hydrogens is 311 g/mol. The van der Waals surface area contributed by atoms with Crippen molar-refractivity contribution in [3.63, 3.8) is 0 Å². The lowest BCUT2D eigenvalue weighted by Crippen LogP contribution is -2.42. The Labute approximate surface area is 130 Å². The summed E-state index contributed by atoms with van der Waals surface area (Å²) in [7, 11) is 0. The van der Waals surface area contributed by atoms with Gasteiger partial charge < -0.3 is 10.4 Å². The number of nitrogens with zero attached hydrogens (tertiary/aromatic N) is 2. The molecule has 0 aliphatic heterocycles. The maximum atomic E-state index is 13.3. The van der Waals surface area contributed by atoms with E-state index in [9.17, 15) is 14.3 Å². The van der Waals surface area contributed by atoms with Crippen molar-refractivity contribution in [2.24, 2.45) is 0 Å². The second-order valence-electron chi connectivity index (χ2n) is 4.91. The van der Waals surface area contributed by atoms with Crippen molar-refractivity contribution in [1.29, 1.82) is 5.26 Å². The zero-order valence-electron chi connectivity index (χ0n) is 11.5. The van der Waals surface area contributed by atoms with E-state index in [0.29, 0.717) is 5.69 Å². The molecule has 0 fully saturated rings. The van der Waals surface area contributed by atoms with Gasteiger partial charge in [-0.05, 0) is 25.1 Å². The molecule has 1 aromatic heterocycles. The maximum absolute atomic E-state index is 13.3. The van der Waals surface area contributed by atoms with Crippen LogP contribution in [0.3, 0.4) is 0 Å². The molecule has 114 valence electrons. The number of carbonyl (C=O) groups excluding carboxylic acids is 1. The van der Waals surface area contributed by atoms with Gasteiger partial charge >= 0.3 is 0 Å². The van der Waals surface area contributed by atoms with E-state index in [0.717, 1.165) is 6.20 Å². The molecule has 1 atom stereocenters. The molecule has 6 nitrogen and oxygen atoms in total. The van der Waals surface area contributed by atoms with Crippen LogP contribution in [0.1, 0.15) is 18.2 Å². The van der Waals surface area contributed by atoms with E-state index in [1.54, 1.807) is 0 Å². The van der Waals surface area contributed by atoms with Crippen LogP contribution in [-0.2, 0) is 11.2 Å². The fraction of sp³-hybridized carbons (Fsp3) is 0.214. The Morgan fingerprint density at radius 1 is 1.64 bits per heavy atom. The van der Waals surface area contributed by atoms with E-state index < -0.39 is 17.3 Å². The molecule has 0 radical (unpaired) electrons. The molecule has 1 amide bonds. The molecule has 0 unspecified atom stereocenters. The number of carbonyl (C=O) groups is 1. The van der Waals surface area contributed by atoms with Crippen LogP contribution in [0.5, 0.6) is 0 Å². The minimum absolute atomic E-state index is 0.0259. The van der Waals surface area contributed by atoms with E-state index in [1.165, 1.54) is 25.1 Å². The average Bonchev–Trinajstić information content (AvgIpc) is 2.84. The highest BCUT2D eigenvalue weighted by Crippen LogP contribution is 2.22. The van der Waals surface area contributed by atoms with Crippen molar-refractivity contribution < 1.29 is 14.3 Å². The molecule has 0 aliphatic carbocycles. The van der Waals surface area contributed by atoms with Gasteiger partial charge in [-0.3, -0.25) is 9.89 Å². The van der Waals surface area contributed by atoms with Crippen LogP contribution in [-0.4, -0.2) is 26.8 Å². The Hall–Kier alpha value is -2.43. The molecule has 0 saturated heterocycles. The number of rotatable bonds is 4. The van der Waals surface area contributed by atoms with Crippen molar-refractivity contribution in [3.05, 3.63) is 46.5 Å². The van der Waals surface area contributed by atoms with Crippen molar-refractivity contribution in [2.45, 2.75) is 18.9 Å². The monoisotopic (exact) mass is 322 g/mol. The molecule has 0 spiro atoms. The number of hydrogen-bond acceptors (Lipinski definition) is 4. The molecule has 8 heteroatoms. The van der Waals surface area contributed by atoms with Gasteiger partial charge in [0, 0.05) is 12.1 Å². The van der Waals surface area contributed by atoms with Crippen molar-refractivity contribution in [2.75, 3.05) is 5.32 Å². The Bertz CT molecular complexity index is 752. The van der Waals surface area contributed by atoms with Gasteiger partial charge in [0.1, 0.15) is 11.7 Å². The summed E-state index contributed by atoms with van der Waals surface area (Å²) in [5.74, 6) is -1.36. The van der Waals surface area contributed by atoms with E-state index in [2.05, 4.69) is 15.5 Å². The summed E-state index contributed by atoms with van der Waals surface area (Å²) in [6, 6.07) is 6.22. The smallest absolute Gasteiger partial charge is 0.256 e. The number of halogens is 2. The van der Waals surface area contributed by atoms with Gasteiger partial charge in [-0.1, -0.05) is 11.6 Å². The lowest BCUT2D eigenvalue weighted by atomic mass is 9.99. The van der Waals surface area contributed by atoms with Gasteiger partial charge in [-0.2, -0.15) is 10.4 Å². The Morgan fingerprint density at radius 2 is 2.36 bits per heavy atom. The predicted molar refractivity (Wildman–Crippen MR) is 77.7 cm³/mol. The lowest BCUT2D eigenvalue weighted by molar-refractivity contribution is -0.132. The van der Waals surface area contributed by atoms with Gasteiger partial charge in [-0.25, -0.2) is 4.39 Å². The first-order valence-electron chi connectivity index (χ1n) is 6.24. The molecule has 2 rings (SSSR count). The zero-order chi connectivity index (χ0) is 16.3. The summed E-state index contributed by atoms with van der Waals surface area (Å²) in [6.07, 6.45) is 0.693. The number of benzene rings is 1. The number of H-pyrrole nitrogens is 1. The predicted octanol–water partition coefficient (Wildman–Crippen LogP) is 2.01. The molecule has 3 N–H and O–H groups in total. The molecule has 2 aromatic rings. The highest BCUT2D eigenvalue weighted by Gasteiger charge is 2.32. The Morgan fingerprint density at radius 3 is 2.91 bits per heavy atom. The number of anilines is 1. The largest absolute Gasteiger partial charge is 0.380 e. The van der Waals surface area contributed by atoms with E-state index >= 15 is 0 Å². The van der Waals surface area contributed by atoms with Crippen molar-refractivity contribution >= 4 is 23.2 Å². The Kier molecular flexibility index (Phi) is 4.45. The van der Waals surface area contributed by atoms with E-state index in [4.69, 9.17) is 16.9 Å². The van der Waals surface area contributed by atoms with Gasteiger partial charge in [0.15, 0.2) is 5.82 Å². The number of aliphatic hydroxyl groups is 1. The van der Waals surface area contributed by atoms with Crippen LogP contribution in [0, 0.1) is 17.1 Å². The van der Waals surface area contributed by atoms with Crippen LogP contribution >= 0.6 is 11.6 Å². The third-order valence-corrected chi connectivity index (χ3v) is 3.34. The third-order valence-electron chi connectivity index (χ3n) is 3.02. The number of aromatic nitrogens is 2. The molecule has 1 heterocycles. The topological polar surface area (TPSA) is 102 Å².